The largest absolute Gasteiger partial charge is 0.496 e. The summed E-state index contributed by atoms with van der Waals surface area (Å²) in [6.45, 7) is 8.28. The number of Topliss-reactive ketones (excluding diaryl/α,β-unsaturated/α-hetero) is 1. The smallest absolute Gasteiger partial charge is 0.192 e. The van der Waals surface area contributed by atoms with E-state index in [0.717, 1.165) is 17.6 Å². The Hall–Kier alpha value is -1.61. The molecular weight excluding hydrogens is 228 g/mol. The number of aryl methyl sites for hydroxylation is 1. The molecule has 0 aromatic heterocycles. The standard InChI is InChI=1S/C15H20O3/c1-11(2)7-8-18-10-14(16)13-6-5-12(3)9-15(13)17-4/h5-6,9H,1,7-8,10H2,2-4H3. The van der Waals surface area contributed by atoms with Crippen LogP contribution in [0.3, 0.4) is 0 Å². The maximum Gasteiger partial charge on any atom is 0.192 e. The van der Waals surface area contributed by atoms with Crippen molar-refractivity contribution in [3.05, 3.63) is 41.5 Å². The lowest BCUT2D eigenvalue weighted by Crippen LogP contribution is -2.11. The van der Waals surface area contributed by atoms with Crippen LogP contribution in [0.4, 0.5) is 0 Å². The van der Waals surface area contributed by atoms with Gasteiger partial charge in [0.05, 0.1) is 19.3 Å². The summed E-state index contributed by atoms with van der Waals surface area (Å²) in [6, 6.07) is 5.52. The maximum absolute atomic E-state index is 12.0. The van der Waals surface area contributed by atoms with Crippen LogP contribution in [0.1, 0.15) is 29.3 Å². The summed E-state index contributed by atoms with van der Waals surface area (Å²) in [5, 5.41) is 0. The van der Waals surface area contributed by atoms with Crippen LogP contribution in [-0.2, 0) is 4.74 Å². The van der Waals surface area contributed by atoms with Crippen molar-refractivity contribution in [3.63, 3.8) is 0 Å². The van der Waals surface area contributed by atoms with Crippen LogP contribution in [0.5, 0.6) is 5.75 Å². The van der Waals surface area contributed by atoms with Crippen LogP contribution >= 0.6 is 0 Å². The second-order valence-corrected chi connectivity index (χ2v) is 4.39. The summed E-state index contributed by atoms with van der Waals surface area (Å²) in [7, 11) is 1.56. The first-order chi connectivity index (χ1) is 8.54. The van der Waals surface area contributed by atoms with Gasteiger partial charge in [0.25, 0.3) is 0 Å². The summed E-state index contributed by atoms with van der Waals surface area (Å²) in [5.41, 5.74) is 2.68. The molecule has 1 aromatic carbocycles. The third-order valence-corrected chi connectivity index (χ3v) is 2.56. The molecule has 0 unspecified atom stereocenters. The third-order valence-electron chi connectivity index (χ3n) is 2.56. The number of ether oxygens (including phenoxy) is 2. The van der Waals surface area contributed by atoms with Crippen LogP contribution < -0.4 is 4.74 Å². The quantitative estimate of drug-likeness (QED) is 0.422. The number of benzene rings is 1. The fraction of sp³-hybridized carbons (Fsp3) is 0.400. The van der Waals surface area contributed by atoms with Crippen molar-refractivity contribution in [2.24, 2.45) is 0 Å². The number of ketones is 1. The molecular formula is C15H20O3. The highest BCUT2D eigenvalue weighted by Crippen LogP contribution is 2.20. The Morgan fingerprint density at radius 1 is 1.39 bits per heavy atom. The van der Waals surface area contributed by atoms with Crippen LogP contribution in [0, 0.1) is 6.92 Å². The van der Waals surface area contributed by atoms with E-state index in [4.69, 9.17) is 9.47 Å². The molecule has 0 radical (unpaired) electrons. The topological polar surface area (TPSA) is 35.5 Å². The number of hydrogen-bond acceptors (Lipinski definition) is 3. The number of methoxy groups -OCH3 is 1. The molecule has 0 atom stereocenters. The van der Waals surface area contributed by atoms with Gasteiger partial charge in [0.15, 0.2) is 5.78 Å². The molecule has 1 aromatic rings. The lowest BCUT2D eigenvalue weighted by molar-refractivity contribution is 0.0762. The lowest BCUT2D eigenvalue weighted by atomic mass is 10.1. The number of hydrogen-bond donors (Lipinski definition) is 0. The highest BCUT2D eigenvalue weighted by atomic mass is 16.5. The molecule has 1 rings (SSSR count). The minimum atomic E-state index is -0.0615. The highest BCUT2D eigenvalue weighted by Gasteiger charge is 2.12. The molecule has 0 saturated carbocycles. The molecule has 0 aliphatic rings. The molecule has 0 N–H and O–H groups in total. The Balaban J connectivity index is 2.58. The van der Waals surface area contributed by atoms with Gasteiger partial charge < -0.3 is 9.47 Å². The van der Waals surface area contributed by atoms with Crippen LogP contribution in [0.2, 0.25) is 0 Å². The van der Waals surface area contributed by atoms with Crippen molar-refractivity contribution in [3.8, 4) is 5.75 Å². The fourth-order valence-electron chi connectivity index (χ4n) is 1.52. The first-order valence-electron chi connectivity index (χ1n) is 5.94. The van der Waals surface area contributed by atoms with E-state index in [0.29, 0.717) is 17.9 Å². The van der Waals surface area contributed by atoms with Crippen molar-refractivity contribution in [1.82, 2.24) is 0 Å². The van der Waals surface area contributed by atoms with E-state index >= 15 is 0 Å². The number of carbonyl (C=O) groups is 1. The van der Waals surface area contributed by atoms with E-state index < -0.39 is 0 Å². The highest BCUT2D eigenvalue weighted by molar-refractivity contribution is 5.99. The molecule has 0 aliphatic heterocycles. The van der Waals surface area contributed by atoms with Crippen molar-refractivity contribution in [2.75, 3.05) is 20.3 Å². The number of rotatable bonds is 7. The molecule has 3 nitrogen and oxygen atoms in total. The third kappa shape index (κ3) is 4.34. The van der Waals surface area contributed by atoms with Gasteiger partial charge in [-0.2, -0.15) is 0 Å². The maximum atomic E-state index is 12.0. The van der Waals surface area contributed by atoms with E-state index in [1.807, 2.05) is 26.0 Å². The van der Waals surface area contributed by atoms with Gasteiger partial charge in [0.2, 0.25) is 0 Å². The summed E-state index contributed by atoms with van der Waals surface area (Å²) in [6.07, 6.45) is 0.776. The molecule has 18 heavy (non-hydrogen) atoms. The van der Waals surface area contributed by atoms with Gasteiger partial charge in [-0.3, -0.25) is 4.79 Å². The lowest BCUT2D eigenvalue weighted by Gasteiger charge is -2.09. The zero-order valence-corrected chi connectivity index (χ0v) is 11.3. The van der Waals surface area contributed by atoms with E-state index in [2.05, 4.69) is 6.58 Å². The van der Waals surface area contributed by atoms with Crippen LogP contribution in [0.15, 0.2) is 30.4 Å². The summed E-state index contributed by atoms with van der Waals surface area (Å²) >= 11 is 0. The second kappa shape index (κ2) is 6.97. The van der Waals surface area contributed by atoms with Crippen molar-refractivity contribution in [1.29, 1.82) is 0 Å². The average molecular weight is 248 g/mol. The molecule has 98 valence electrons. The van der Waals surface area contributed by atoms with Gasteiger partial charge in [0, 0.05) is 0 Å². The van der Waals surface area contributed by atoms with Crippen molar-refractivity contribution in [2.45, 2.75) is 20.3 Å². The van der Waals surface area contributed by atoms with E-state index in [1.54, 1.807) is 13.2 Å². The Bertz CT molecular complexity index is 435. The first-order valence-corrected chi connectivity index (χ1v) is 5.94. The zero-order chi connectivity index (χ0) is 13.5. The average Bonchev–Trinajstić information content (AvgIpc) is 2.33. The van der Waals surface area contributed by atoms with Gasteiger partial charge >= 0.3 is 0 Å². The van der Waals surface area contributed by atoms with Gasteiger partial charge in [0.1, 0.15) is 12.4 Å². The second-order valence-electron chi connectivity index (χ2n) is 4.39. The predicted molar refractivity (Wildman–Crippen MR) is 72.3 cm³/mol. The minimum Gasteiger partial charge on any atom is -0.496 e. The van der Waals surface area contributed by atoms with E-state index in [9.17, 15) is 4.79 Å². The Morgan fingerprint density at radius 3 is 2.72 bits per heavy atom. The normalized spacial score (nSPS) is 10.2. The molecule has 0 saturated heterocycles. The first kappa shape index (κ1) is 14.5. The van der Waals surface area contributed by atoms with Gasteiger partial charge in [-0.25, -0.2) is 0 Å². The van der Waals surface area contributed by atoms with Crippen molar-refractivity contribution < 1.29 is 14.3 Å². The Labute approximate surface area is 108 Å². The van der Waals surface area contributed by atoms with Gasteiger partial charge in [-0.15, -0.1) is 6.58 Å². The molecule has 0 heterocycles. The molecule has 0 spiro atoms. The predicted octanol–water partition coefficient (Wildman–Crippen LogP) is 3.17. The van der Waals surface area contributed by atoms with E-state index in [1.165, 1.54) is 0 Å². The molecule has 0 aliphatic carbocycles. The van der Waals surface area contributed by atoms with Gasteiger partial charge in [-0.05, 0) is 38.0 Å². The molecule has 0 bridgehead atoms. The van der Waals surface area contributed by atoms with E-state index in [-0.39, 0.29) is 12.4 Å². The van der Waals surface area contributed by atoms with Crippen molar-refractivity contribution >= 4 is 5.78 Å². The summed E-state index contributed by atoms with van der Waals surface area (Å²) < 4.78 is 10.5. The fourth-order valence-corrected chi connectivity index (χ4v) is 1.52. The Kier molecular flexibility index (Phi) is 5.59. The number of carbonyl (C=O) groups excluding carboxylic acids is 1. The Morgan fingerprint density at radius 2 is 2.11 bits per heavy atom. The summed E-state index contributed by atoms with van der Waals surface area (Å²) in [4.78, 5) is 12.0. The van der Waals surface area contributed by atoms with Gasteiger partial charge in [-0.1, -0.05) is 11.6 Å². The SMILES string of the molecule is C=C(C)CCOCC(=O)c1ccc(C)cc1OC. The van der Waals surface area contributed by atoms with Crippen LogP contribution in [-0.4, -0.2) is 26.1 Å². The molecule has 0 amide bonds. The summed E-state index contributed by atoms with van der Waals surface area (Å²) in [5.74, 6) is 0.539. The zero-order valence-electron chi connectivity index (χ0n) is 11.3. The monoisotopic (exact) mass is 248 g/mol. The minimum absolute atomic E-state index is 0.0615. The molecule has 3 heteroatoms. The van der Waals surface area contributed by atoms with Crippen LogP contribution in [0.25, 0.3) is 0 Å². The molecule has 0 fully saturated rings.